The van der Waals surface area contributed by atoms with Gasteiger partial charge in [-0.3, -0.25) is 4.79 Å². The molecule has 23 heavy (non-hydrogen) atoms. The maximum absolute atomic E-state index is 11.8. The highest BCUT2D eigenvalue weighted by molar-refractivity contribution is 5.92. The third-order valence-corrected chi connectivity index (χ3v) is 3.40. The van der Waals surface area contributed by atoms with Crippen molar-refractivity contribution in [3.63, 3.8) is 0 Å². The zero-order valence-electron chi connectivity index (χ0n) is 14.4. The summed E-state index contributed by atoms with van der Waals surface area (Å²) in [5.74, 6) is 0.725. The lowest BCUT2D eigenvalue weighted by Gasteiger charge is -2.10. The smallest absolute Gasteiger partial charge is 0.238 e. The molecule has 1 amide bonds. The minimum atomic E-state index is -0.0715. The van der Waals surface area contributed by atoms with Gasteiger partial charge in [0.05, 0.1) is 19.8 Å². The molecule has 1 aromatic rings. The number of methoxy groups -OCH3 is 1. The van der Waals surface area contributed by atoms with Crippen molar-refractivity contribution in [2.45, 2.75) is 39.0 Å². The normalized spacial score (nSPS) is 10.5. The number of hydrogen-bond donors (Lipinski definition) is 2. The summed E-state index contributed by atoms with van der Waals surface area (Å²) < 4.78 is 10.7. The zero-order chi connectivity index (χ0) is 16.8. The Hall–Kier alpha value is -1.59. The molecule has 0 aliphatic carbocycles. The molecule has 0 atom stereocenters. The molecule has 0 spiro atoms. The van der Waals surface area contributed by atoms with Crippen molar-refractivity contribution in [3.05, 3.63) is 24.3 Å². The van der Waals surface area contributed by atoms with Crippen molar-refractivity contribution < 1.29 is 14.3 Å². The van der Waals surface area contributed by atoms with Crippen LogP contribution in [0, 0.1) is 0 Å². The molecule has 0 bridgehead atoms. The van der Waals surface area contributed by atoms with E-state index in [4.69, 9.17) is 9.47 Å². The number of hydrogen-bond acceptors (Lipinski definition) is 4. The maximum Gasteiger partial charge on any atom is 0.238 e. The van der Waals surface area contributed by atoms with Gasteiger partial charge in [-0.25, -0.2) is 0 Å². The number of carbonyl (C=O) groups is 1. The van der Waals surface area contributed by atoms with Crippen LogP contribution in [0.5, 0.6) is 5.75 Å². The summed E-state index contributed by atoms with van der Waals surface area (Å²) in [5, 5.41) is 5.87. The van der Waals surface area contributed by atoms with Gasteiger partial charge >= 0.3 is 0 Å². The number of ether oxygens (including phenoxy) is 2. The fourth-order valence-corrected chi connectivity index (χ4v) is 2.14. The summed E-state index contributed by atoms with van der Waals surface area (Å²) in [4.78, 5) is 11.8. The molecule has 0 aromatic heterocycles. The minimum absolute atomic E-state index is 0.0715. The number of anilines is 1. The quantitative estimate of drug-likeness (QED) is 0.548. The van der Waals surface area contributed by atoms with E-state index in [1.54, 1.807) is 7.11 Å². The first-order valence-electron chi connectivity index (χ1n) is 8.48. The highest BCUT2D eigenvalue weighted by Gasteiger charge is 2.03. The van der Waals surface area contributed by atoms with Crippen LogP contribution < -0.4 is 15.4 Å². The topological polar surface area (TPSA) is 59.6 Å². The second-order valence-electron chi connectivity index (χ2n) is 5.51. The van der Waals surface area contributed by atoms with Crippen molar-refractivity contribution in [2.24, 2.45) is 0 Å². The largest absolute Gasteiger partial charge is 0.494 e. The lowest BCUT2D eigenvalue weighted by molar-refractivity contribution is -0.115. The van der Waals surface area contributed by atoms with Crippen LogP contribution in [0.1, 0.15) is 39.0 Å². The third kappa shape index (κ3) is 9.92. The Bertz CT molecular complexity index is 438. The lowest BCUT2D eigenvalue weighted by Crippen LogP contribution is -2.30. The van der Waals surface area contributed by atoms with E-state index in [1.165, 1.54) is 25.7 Å². The standard InChI is InChI=1S/C18H30N2O3/c1-3-4-5-6-7-12-23-17-10-8-9-16(14-17)20-18(21)15-19-11-13-22-2/h8-10,14,19H,3-7,11-13,15H2,1-2H3,(H,20,21). The Morgan fingerprint density at radius 1 is 1.13 bits per heavy atom. The summed E-state index contributed by atoms with van der Waals surface area (Å²) in [5.41, 5.74) is 0.757. The van der Waals surface area contributed by atoms with E-state index in [0.29, 0.717) is 13.2 Å². The van der Waals surface area contributed by atoms with Crippen LogP contribution in [0.2, 0.25) is 0 Å². The molecule has 0 fully saturated rings. The van der Waals surface area contributed by atoms with Crippen molar-refractivity contribution in [1.82, 2.24) is 5.32 Å². The first kappa shape index (κ1) is 19.5. The number of unbranched alkanes of at least 4 members (excludes halogenated alkanes) is 4. The average Bonchev–Trinajstić information content (AvgIpc) is 2.55. The lowest BCUT2D eigenvalue weighted by atomic mass is 10.2. The van der Waals surface area contributed by atoms with E-state index in [9.17, 15) is 4.79 Å². The summed E-state index contributed by atoms with van der Waals surface area (Å²) in [6.07, 6.45) is 6.09. The summed E-state index contributed by atoms with van der Waals surface area (Å²) in [7, 11) is 1.64. The van der Waals surface area contributed by atoms with Gasteiger partial charge in [-0.1, -0.05) is 38.7 Å². The maximum atomic E-state index is 11.8. The second kappa shape index (κ2) is 12.9. The van der Waals surface area contributed by atoms with Gasteiger partial charge in [0.2, 0.25) is 5.91 Å². The van der Waals surface area contributed by atoms with Crippen molar-refractivity contribution in [2.75, 3.05) is 38.7 Å². The summed E-state index contributed by atoms with van der Waals surface area (Å²) in [6.45, 7) is 4.45. The number of carbonyl (C=O) groups excluding carboxylic acids is 1. The molecule has 130 valence electrons. The molecular formula is C18H30N2O3. The van der Waals surface area contributed by atoms with E-state index < -0.39 is 0 Å². The average molecular weight is 322 g/mol. The number of nitrogens with one attached hydrogen (secondary N) is 2. The predicted octanol–water partition coefficient (Wildman–Crippen LogP) is 3.21. The number of benzene rings is 1. The fourth-order valence-electron chi connectivity index (χ4n) is 2.14. The van der Waals surface area contributed by atoms with Crippen LogP contribution >= 0.6 is 0 Å². The Kier molecular flexibility index (Phi) is 10.9. The van der Waals surface area contributed by atoms with Crippen molar-refractivity contribution >= 4 is 11.6 Å². The first-order chi connectivity index (χ1) is 11.3. The van der Waals surface area contributed by atoms with E-state index >= 15 is 0 Å². The predicted molar refractivity (Wildman–Crippen MR) is 94.1 cm³/mol. The van der Waals surface area contributed by atoms with Crippen LogP contribution in [-0.2, 0) is 9.53 Å². The molecule has 5 heteroatoms. The van der Waals surface area contributed by atoms with Crippen LogP contribution in [-0.4, -0.2) is 39.3 Å². The molecule has 0 saturated carbocycles. The van der Waals surface area contributed by atoms with E-state index in [-0.39, 0.29) is 12.5 Å². The van der Waals surface area contributed by atoms with Crippen LogP contribution in [0.25, 0.3) is 0 Å². The van der Waals surface area contributed by atoms with Crippen molar-refractivity contribution in [3.8, 4) is 5.75 Å². The van der Waals surface area contributed by atoms with Crippen LogP contribution in [0.3, 0.4) is 0 Å². The molecule has 0 aliphatic rings. The zero-order valence-corrected chi connectivity index (χ0v) is 14.4. The molecule has 1 rings (SSSR count). The molecule has 2 N–H and O–H groups in total. The molecule has 0 unspecified atom stereocenters. The molecule has 0 radical (unpaired) electrons. The molecule has 0 saturated heterocycles. The second-order valence-corrected chi connectivity index (χ2v) is 5.51. The number of rotatable bonds is 13. The molecule has 0 heterocycles. The van der Waals surface area contributed by atoms with Gasteiger partial charge in [0, 0.05) is 25.4 Å². The third-order valence-electron chi connectivity index (χ3n) is 3.40. The Morgan fingerprint density at radius 3 is 2.74 bits per heavy atom. The Morgan fingerprint density at radius 2 is 1.96 bits per heavy atom. The van der Waals surface area contributed by atoms with Gasteiger partial charge in [0.25, 0.3) is 0 Å². The molecule has 0 aliphatic heterocycles. The monoisotopic (exact) mass is 322 g/mol. The summed E-state index contributed by atoms with van der Waals surface area (Å²) in [6, 6.07) is 7.53. The Balaban J connectivity index is 2.25. The van der Waals surface area contributed by atoms with Gasteiger partial charge in [0.1, 0.15) is 5.75 Å². The molecular weight excluding hydrogens is 292 g/mol. The Labute approximate surface area is 139 Å². The van der Waals surface area contributed by atoms with Gasteiger partial charge in [-0.05, 0) is 18.6 Å². The highest BCUT2D eigenvalue weighted by Crippen LogP contribution is 2.17. The van der Waals surface area contributed by atoms with Crippen molar-refractivity contribution in [1.29, 1.82) is 0 Å². The fraction of sp³-hybridized carbons (Fsp3) is 0.611. The SMILES string of the molecule is CCCCCCCOc1cccc(NC(=O)CNCCOC)c1. The first-order valence-corrected chi connectivity index (χ1v) is 8.48. The highest BCUT2D eigenvalue weighted by atomic mass is 16.5. The van der Waals surface area contributed by atoms with E-state index in [2.05, 4.69) is 17.6 Å². The van der Waals surface area contributed by atoms with Gasteiger partial charge < -0.3 is 20.1 Å². The van der Waals surface area contributed by atoms with Gasteiger partial charge in [-0.2, -0.15) is 0 Å². The van der Waals surface area contributed by atoms with Gasteiger partial charge in [-0.15, -0.1) is 0 Å². The minimum Gasteiger partial charge on any atom is -0.494 e. The molecule has 5 nitrogen and oxygen atoms in total. The van der Waals surface area contributed by atoms with Gasteiger partial charge in [0.15, 0.2) is 0 Å². The summed E-state index contributed by atoms with van der Waals surface area (Å²) >= 11 is 0. The molecule has 1 aromatic carbocycles. The number of amides is 1. The van der Waals surface area contributed by atoms with Crippen LogP contribution in [0.4, 0.5) is 5.69 Å². The van der Waals surface area contributed by atoms with E-state index in [0.717, 1.165) is 24.5 Å². The van der Waals surface area contributed by atoms with E-state index in [1.807, 2.05) is 24.3 Å². The van der Waals surface area contributed by atoms with Crippen LogP contribution in [0.15, 0.2) is 24.3 Å².